The van der Waals surface area contributed by atoms with E-state index in [0.29, 0.717) is 6.42 Å². The Kier molecular flexibility index (Phi) is 4.26. The second-order valence-corrected chi connectivity index (χ2v) is 6.85. The third-order valence-corrected chi connectivity index (χ3v) is 4.85. The molecule has 0 aromatic carbocycles. The Morgan fingerprint density at radius 1 is 1.28 bits per heavy atom. The number of piperidine rings is 1. The van der Waals surface area contributed by atoms with Crippen LogP contribution in [0.1, 0.15) is 30.5 Å². The monoisotopic (exact) mass is 337 g/mol. The normalized spacial score (nSPS) is 18.0. The first-order chi connectivity index (χ1) is 12.2. The minimum absolute atomic E-state index is 0.164. The highest BCUT2D eigenvalue weighted by Crippen LogP contribution is 2.20. The average molecular weight is 337 g/mol. The molecule has 4 rings (SSSR count). The van der Waals surface area contributed by atoms with Gasteiger partial charge in [-0.1, -0.05) is 6.07 Å². The first kappa shape index (κ1) is 15.9. The molecule has 0 N–H and O–H groups in total. The number of aromatic nitrogens is 4. The smallest absolute Gasteiger partial charge is 0.228 e. The minimum atomic E-state index is 0.164. The molecule has 3 aromatic rings. The highest BCUT2D eigenvalue weighted by molar-refractivity contribution is 5.79. The van der Waals surface area contributed by atoms with E-state index in [1.54, 1.807) is 0 Å². The number of rotatable bonds is 4. The highest BCUT2D eigenvalue weighted by atomic mass is 16.2. The number of carbonyl (C=O) groups excluding carboxylic acids is 1. The van der Waals surface area contributed by atoms with Gasteiger partial charge in [0.05, 0.1) is 30.9 Å². The molecule has 1 amide bonds. The lowest BCUT2D eigenvalue weighted by atomic mass is 10.0. The van der Waals surface area contributed by atoms with Crippen molar-refractivity contribution in [1.29, 1.82) is 0 Å². The molecule has 0 saturated carbocycles. The molecule has 3 aromatic heterocycles. The van der Waals surface area contributed by atoms with Crippen molar-refractivity contribution in [2.45, 2.75) is 45.2 Å². The van der Waals surface area contributed by atoms with E-state index in [1.165, 1.54) is 6.42 Å². The highest BCUT2D eigenvalue weighted by Gasteiger charge is 2.27. The molecule has 130 valence electrons. The van der Waals surface area contributed by atoms with Gasteiger partial charge < -0.3 is 9.30 Å². The van der Waals surface area contributed by atoms with Crippen molar-refractivity contribution >= 4 is 11.6 Å². The predicted octanol–water partition coefficient (Wildman–Crippen LogP) is 2.46. The molecule has 1 fully saturated rings. The number of hydrogen-bond acceptors (Lipinski definition) is 3. The molecule has 0 bridgehead atoms. The summed E-state index contributed by atoms with van der Waals surface area (Å²) in [6.45, 7) is 3.64. The van der Waals surface area contributed by atoms with Crippen LogP contribution in [-0.4, -0.2) is 42.6 Å². The third kappa shape index (κ3) is 3.43. The number of aryl methyl sites for hydroxylation is 1. The van der Waals surface area contributed by atoms with Crippen LogP contribution in [0.2, 0.25) is 0 Å². The summed E-state index contributed by atoms with van der Waals surface area (Å²) in [4.78, 5) is 19.5. The van der Waals surface area contributed by atoms with E-state index in [0.717, 1.165) is 42.8 Å². The van der Waals surface area contributed by atoms with Crippen LogP contribution in [0.4, 0.5) is 0 Å². The molecule has 1 unspecified atom stereocenters. The number of imidazole rings is 1. The molecule has 1 aliphatic heterocycles. The molecule has 1 aliphatic rings. The summed E-state index contributed by atoms with van der Waals surface area (Å²) in [6.07, 6.45) is 11.5. The fourth-order valence-corrected chi connectivity index (χ4v) is 3.63. The number of nitrogens with zero attached hydrogens (tertiary/aromatic N) is 5. The molecular weight excluding hydrogens is 314 g/mol. The third-order valence-electron chi connectivity index (χ3n) is 4.85. The van der Waals surface area contributed by atoms with E-state index < -0.39 is 0 Å². The average Bonchev–Trinajstić information content (AvgIpc) is 3.20. The first-order valence-corrected chi connectivity index (χ1v) is 8.90. The van der Waals surface area contributed by atoms with Crippen LogP contribution in [0, 0.1) is 6.92 Å². The van der Waals surface area contributed by atoms with Crippen molar-refractivity contribution in [2.75, 3.05) is 6.54 Å². The number of likely N-dealkylation sites (tertiary alicyclic amines) is 1. The SMILES string of the molecule is Cc1cnn(CC2CCCCN2C(=O)Cc2cn3ccccc3n2)c1. The van der Waals surface area contributed by atoms with E-state index in [2.05, 4.69) is 10.1 Å². The molecule has 6 nitrogen and oxygen atoms in total. The molecule has 1 atom stereocenters. The van der Waals surface area contributed by atoms with Crippen LogP contribution < -0.4 is 0 Å². The van der Waals surface area contributed by atoms with Crippen molar-refractivity contribution in [3.63, 3.8) is 0 Å². The van der Waals surface area contributed by atoms with Crippen molar-refractivity contribution in [2.24, 2.45) is 0 Å². The number of amides is 1. The maximum atomic E-state index is 12.9. The van der Waals surface area contributed by atoms with E-state index in [-0.39, 0.29) is 11.9 Å². The Hall–Kier alpha value is -2.63. The van der Waals surface area contributed by atoms with Gasteiger partial charge in [0.25, 0.3) is 0 Å². The van der Waals surface area contributed by atoms with Gasteiger partial charge in [-0.3, -0.25) is 9.48 Å². The van der Waals surface area contributed by atoms with Gasteiger partial charge in [0.15, 0.2) is 0 Å². The minimum Gasteiger partial charge on any atom is -0.338 e. The molecule has 0 aliphatic carbocycles. The standard InChI is InChI=1S/C19H23N5O/c1-15-11-20-23(12-15)14-17-6-2-5-9-24(17)19(25)10-16-13-22-8-4-3-7-18(22)21-16/h3-4,7-8,11-13,17H,2,5-6,9-10,14H2,1H3. The Morgan fingerprint density at radius 3 is 3.00 bits per heavy atom. The van der Waals surface area contributed by atoms with Crippen LogP contribution in [0.25, 0.3) is 5.65 Å². The summed E-state index contributed by atoms with van der Waals surface area (Å²) >= 11 is 0. The van der Waals surface area contributed by atoms with Gasteiger partial charge in [0.1, 0.15) is 5.65 Å². The van der Waals surface area contributed by atoms with E-state index in [9.17, 15) is 4.79 Å². The number of fused-ring (bicyclic) bond motifs is 1. The summed E-state index contributed by atoms with van der Waals surface area (Å²) < 4.78 is 3.92. The second kappa shape index (κ2) is 6.70. The van der Waals surface area contributed by atoms with Crippen molar-refractivity contribution in [3.8, 4) is 0 Å². The first-order valence-electron chi connectivity index (χ1n) is 8.90. The Labute approximate surface area is 147 Å². The van der Waals surface area contributed by atoms with Crippen LogP contribution in [0.15, 0.2) is 43.0 Å². The second-order valence-electron chi connectivity index (χ2n) is 6.85. The van der Waals surface area contributed by atoms with Crippen LogP contribution >= 0.6 is 0 Å². The van der Waals surface area contributed by atoms with Crippen LogP contribution in [-0.2, 0) is 17.8 Å². The van der Waals surface area contributed by atoms with Gasteiger partial charge in [0.2, 0.25) is 5.91 Å². The van der Waals surface area contributed by atoms with Gasteiger partial charge in [0, 0.05) is 25.1 Å². The van der Waals surface area contributed by atoms with Gasteiger partial charge in [-0.05, 0) is 43.9 Å². The molecule has 1 saturated heterocycles. The summed E-state index contributed by atoms with van der Waals surface area (Å²) in [5.74, 6) is 0.164. The zero-order valence-electron chi connectivity index (χ0n) is 14.5. The number of hydrogen-bond donors (Lipinski definition) is 0. The summed E-state index contributed by atoms with van der Waals surface area (Å²) in [5.41, 5.74) is 2.86. The molecule has 0 spiro atoms. The molecule has 4 heterocycles. The van der Waals surface area contributed by atoms with Crippen molar-refractivity contribution in [3.05, 3.63) is 54.2 Å². The zero-order valence-corrected chi connectivity index (χ0v) is 14.5. The van der Waals surface area contributed by atoms with E-state index in [1.807, 2.05) is 63.9 Å². The van der Waals surface area contributed by atoms with Crippen LogP contribution in [0.3, 0.4) is 0 Å². The van der Waals surface area contributed by atoms with Crippen LogP contribution in [0.5, 0.6) is 0 Å². The fourth-order valence-electron chi connectivity index (χ4n) is 3.63. The lowest BCUT2D eigenvalue weighted by Gasteiger charge is -2.35. The quantitative estimate of drug-likeness (QED) is 0.735. The van der Waals surface area contributed by atoms with Crippen molar-refractivity contribution in [1.82, 2.24) is 24.1 Å². The Bertz CT molecular complexity index is 848. The van der Waals surface area contributed by atoms with E-state index >= 15 is 0 Å². The lowest BCUT2D eigenvalue weighted by Crippen LogP contribution is -2.46. The lowest BCUT2D eigenvalue weighted by molar-refractivity contribution is -0.134. The molecule has 0 radical (unpaired) electrons. The number of carbonyl (C=O) groups is 1. The number of pyridine rings is 1. The maximum absolute atomic E-state index is 12.9. The summed E-state index contributed by atoms with van der Waals surface area (Å²) in [7, 11) is 0. The maximum Gasteiger partial charge on any atom is 0.228 e. The molecular formula is C19H23N5O. The van der Waals surface area contributed by atoms with Crippen molar-refractivity contribution < 1.29 is 4.79 Å². The summed E-state index contributed by atoms with van der Waals surface area (Å²) in [5, 5.41) is 4.38. The molecule has 25 heavy (non-hydrogen) atoms. The fraction of sp³-hybridized carbons (Fsp3) is 0.421. The van der Waals surface area contributed by atoms with Gasteiger partial charge in [-0.15, -0.1) is 0 Å². The summed E-state index contributed by atoms with van der Waals surface area (Å²) in [6, 6.07) is 6.10. The predicted molar refractivity (Wildman–Crippen MR) is 95.2 cm³/mol. The van der Waals surface area contributed by atoms with Gasteiger partial charge in [-0.2, -0.15) is 5.10 Å². The van der Waals surface area contributed by atoms with Gasteiger partial charge in [-0.25, -0.2) is 4.98 Å². The van der Waals surface area contributed by atoms with E-state index in [4.69, 9.17) is 0 Å². The largest absolute Gasteiger partial charge is 0.338 e. The zero-order chi connectivity index (χ0) is 17.2. The Morgan fingerprint density at radius 2 is 2.20 bits per heavy atom. The molecule has 6 heteroatoms. The van der Waals surface area contributed by atoms with Gasteiger partial charge >= 0.3 is 0 Å². The Balaban J connectivity index is 1.48. The topological polar surface area (TPSA) is 55.4 Å².